The molecule has 0 amide bonds. The van der Waals surface area contributed by atoms with Crippen molar-refractivity contribution in [2.75, 3.05) is 11.0 Å². The minimum Gasteiger partial charge on any atom is -0.374 e. The Bertz CT molecular complexity index is 159. The summed E-state index contributed by atoms with van der Waals surface area (Å²) in [6.07, 6.45) is 9.63. The number of hydrogen-bond acceptors (Lipinski definition) is 1. The molecule has 1 nitrogen and oxygen atoms in total. The van der Waals surface area contributed by atoms with Gasteiger partial charge in [0.15, 0.2) is 0 Å². The van der Waals surface area contributed by atoms with E-state index in [1.54, 1.807) is 0 Å². The molecule has 0 radical (unpaired) electrons. The van der Waals surface area contributed by atoms with Gasteiger partial charge in [0.05, 0.1) is 12.2 Å². The first kappa shape index (κ1) is 10.2. The molecule has 0 spiro atoms. The third kappa shape index (κ3) is 2.82. The minimum atomic E-state index is 0.279. The Balaban J connectivity index is 1.80. The Morgan fingerprint density at radius 2 is 1.85 bits per heavy atom. The van der Waals surface area contributed by atoms with Crippen molar-refractivity contribution < 1.29 is 4.74 Å². The van der Waals surface area contributed by atoms with Crippen molar-refractivity contribution >= 4 is 22.6 Å². The van der Waals surface area contributed by atoms with E-state index in [0.29, 0.717) is 0 Å². The van der Waals surface area contributed by atoms with Crippen molar-refractivity contribution in [2.24, 2.45) is 5.92 Å². The monoisotopic (exact) mass is 294 g/mol. The third-order valence-corrected chi connectivity index (χ3v) is 4.72. The highest BCUT2D eigenvalue weighted by atomic mass is 127. The second kappa shape index (κ2) is 4.47. The molecular weight excluding hydrogens is 275 g/mol. The van der Waals surface area contributed by atoms with Crippen LogP contribution in [0.3, 0.4) is 0 Å². The fourth-order valence-corrected chi connectivity index (χ4v) is 3.07. The van der Waals surface area contributed by atoms with Gasteiger partial charge in [-0.05, 0) is 31.6 Å². The molecule has 2 heteroatoms. The predicted molar refractivity (Wildman–Crippen MR) is 63.4 cm³/mol. The molecule has 2 aliphatic carbocycles. The van der Waals surface area contributed by atoms with Crippen molar-refractivity contribution in [2.45, 2.75) is 50.5 Å². The van der Waals surface area contributed by atoms with Crippen LogP contribution in [0.2, 0.25) is 0 Å². The number of ether oxygens (including phenoxy) is 1. The van der Waals surface area contributed by atoms with Crippen LogP contribution >= 0.6 is 22.6 Å². The van der Waals surface area contributed by atoms with Gasteiger partial charge in [0, 0.05) is 4.43 Å². The summed E-state index contributed by atoms with van der Waals surface area (Å²) >= 11 is 2.50. The summed E-state index contributed by atoms with van der Waals surface area (Å²) in [5, 5.41) is 0. The van der Waals surface area contributed by atoms with Crippen LogP contribution < -0.4 is 0 Å². The maximum absolute atomic E-state index is 6.14. The Morgan fingerprint density at radius 1 is 1.15 bits per heavy atom. The minimum absolute atomic E-state index is 0.279. The Hall–Kier alpha value is 0.690. The van der Waals surface area contributed by atoms with Gasteiger partial charge in [-0.3, -0.25) is 0 Å². The van der Waals surface area contributed by atoms with E-state index in [1.807, 2.05) is 0 Å². The first-order chi connectivity index (χ1) is 6.35. The molecule has 0 N–H and O–H groups in total. The molecule has 0 aromatic rings. The number of rotatable bonds is 4. The second-order valence-corrected chi connectivity index (χ2v) is 5.39. The third-order valence-electron chi connectivity index (χ3n) is 3.33. The lowest BCUT2D eigenvalue weighted by Crippen LogP contribution is -2.37. The van der Waals surface area contributed by atoms with Gasteiger partial charge in [0.25, 0.3) is 0 Å². The van der Waals surface area contributed by atoms with Crippen molar-refractivity contribution in [1.82, 2.24) is 0 Å². The van der Waals surface area contributed by atoms with Crippen LogP contribution in [0.25, 0.3) is 0 Å². The maximum atomic E-state index is 6.14. The topological polar surface area (TPSA) is 9.23 Å². The van der Waals surface area contributed by atoms with E-state index in [-0.39, 0.29) is 5.60 Å². The van der Waals surface area contributed by atoms with Crippen LogP contribution in [0, 0.1) is 5.92 Å². The summed E-state index contributed by atoms with van der Waals surface area (Å²) < 4.78 is 7.33. The lowest BCUT2D eigenvalue weighted by Gasteiger charge is -2.35. The summed E-state index contributed by atoms with van der Waals surface area (Å²) in [5.74, 6) is 0.918. The number of halogens is 1. The van der Waals surface area contributed by atoms with E-state index in [1.165, 1.54) is 49.4 Å². The molecule has 2 aliphatic rings. The van der Waals surface area contributed by atoms with Gasteiger partial charge < -0.3 is 4.74 Å². The van der Waals surface area contributed by atoms with Gasteiger partial charge in [-0.15, -0.1) is 0 Å². The van der Waals surface area contributed by atoms with E-state index in [2.05, 4.69) is 22.6 Å². The summed E-state index contributed by atoms with van der Waals surface area (Å²) in [4.78, 5) is 0. The molecule has 2 fully saturated rings. The molecule has 0 aliphatic heterocycles. The zero-order chi connectivity index (χ0) is 9.15. The molecule has 0 saturated heterocycles. The van der Waals surface area contributed by atoms with Crippen molar-refractivity contribution in [3.05, 3.63) is 0 Å². The predicted octanol–water partition coefficient (Wildman–Crippen LogP) is 3.55. The average Bonchev–Trinajstić information content (AvgIpc) is 3.00. The lowest BCUT2D eigenvalue weighted by molar-refractivity contribution is -0.0548. The van der Waals surface area contributed by atoms with Crippen molar-refractivity contribution in [1.29, 1.82) is 0 Å². The standard InChI is InChI=1S/C11H19IO/c12-9-11(6-2-1-3-7-11)13-8-10-4-5-10/h10H,1-9H2. The highest BCUT2D eigenvalue weighted by molar-refractivity contribution is 14.1. The normalized spacial score (nSPS) is 27.5. The van der Waals surface area contributed by atoms with Gasteiger partial charge in [-0.25, -0.2) is 0 Å². The van der Waals surface area contributed by atoms with Crippen LogP contribution in [-0.4, -0.2) is 16.6 Å². The first-order valence-corrected chi connectivity index (χ1v) is 7.07. The van der Waals surface area contributed by atoms with E-state index in [9.17, 15) is 0 Å². The van der Waals surface area contributed by atoms with Gasteiger partial charge in [0.2, 0.25) is 0 Å². The maximum Gasteiger partial charge on any atom is 0.0771 e. The van der Waals surface area contributed by atoms with Crippen molar-refractivity contribution in [3.63, 3.8) is 0 Å². The van der Waals surface area contributed by atoms with Gasteiger partial charge in [-0.2, -0.15) is 0 Å². The zero-order valence-corrected chi connectivity index (χ0v) is 10.4. The van der Waals surface area contributed by atoms with Gasteiger partial charge in [-0.1, -0.05) is 41.9 Å². The molecule has 76 valence electrons. The fourth-order valence-electron chi connectivity index (χ4n) is 2.09. The van der Waals surface area contributed by atoms with Crippen molar-refractivity contribution in [3.8, 4) is 0 Å². The van der Waals surface area contributed by atoms with E-state index in [4.69, 9.17) is 4.74 Å². The van der Waals surface area contributed by atoms with Crippen LogP contribution in [0.15, 0.2) is 0 Å². The Kier molecular flexibility index (Phi) is 3.52. The molecule has 0 aromatic heterocycles. The SMILES string of the molecule is ICC1(OCC2CC2)CCCCC1. The highest BCUT2D eigenvalue weighted by Gasteiger charge is 2.34. The molecule has 0 aromatic carbocycles. The van der Waals surface area contributed by atoms with Crippen LogP contribution in [0.4, 0.5) is 0 Å². The summed E-state index contributed by atoms with van der Waals surface area (Å²) in [6, 6.07) is 0. The number of hydrogen-bond donors (Lipinski definition) is 0. The van der Waals surface area contributed by atoms with Crippen LogP contribution in [0.1, 0.15) is 44.9 Å². The fraction of sp³-hybridized carbons (Fsp3) is 1.00. The Morgan fingerprint density at radius 3 is 2.38 bits per heavy atom. The molecule has 0 unspecified atom stereocenters. The Labute approximate surface area is 94.8 Å². The van der Waals surface area contributed by atoms with E-state index in [0.717, 1.165) is 12.5 Å². The summed E-state index contributed by atoms with van der Waals surface area (Å²) in [5.41, 5.74) is 0.279. The molecule has 13 heavy (non-hydrogen) atoms. The average molecular weight is 294 g/mol. The first-order valence-electron chi connectivity index (χ1n) is 5.55. The molecule has 0 heterocycles. The zero-order valence-electron chi connectivity index (χ0n) is 8.23. The van der Waals surface area contributed by atoms with E-state index >= 15 is 0 Å². The molecule has 2 saturated carbocycles. The molecule has 2 rings (SSSR count). The second-order valence-electron chi connectivity index (χ2n) is 4.63. The largest absolute Gasteiger partial charge is 0.374 e. The highest BCUT2D eigenvalue weighted by Crippen LogP contribution is 2.36. The van der Waals surface area contributed by atoms with Crippen LogP contribution in [0.5, 0.6) is 0 Å². The number of alkyl halides is 1. The van der Waals surface area contributed by atoms with Crippen LogP contribution in [-0.2, 0) is 4.74 Å². The lowest BCUT2D eigenvalue weighted by atomic mass is 9.86. The summed E-state index contributed by atoms with van der Waals surface area (Å²) in [7, 11) is 0. The van der Waals surface area contributed by atoms with Gasteiger partial charge >= 0.3 is 0 Å². The molecular formula is C11H19IO. The smallest absolute Gasteiger partial charge is 0.0771 e. The molecule has 0 atom stereocenters. The molecule has 0 bridgehead atoms. The van der Waals surface area contributed by atoms with E-state index < -0.39 is 0 Å². The quantitative estimate of drug-likeness (QED) is 0.569. The van der Waals surface area contributed by atoms with Gasteiger partial charge in [0.1, 0.15) is 0 Å². The summed E-state index contributed by atoms with van der Waals surface area (Å²) in [6.45, 7) is 1.04.